The van der Waals surface area contributed by atoms with Gasteiger partial charge < -0.3 is 0 Å². The van der Waals surface area contributed by atoms with Gasteiger partial charge in [0.25, 0.3) is 0 Å². The van der Waals surface area contributed by atoms with Gasteiger partial charge in [-0.1, -0.05) is 0 Å². The second kappa shape index (κ2) is 11.5. The Bertz CT molecular complexity index is 2210. The molecule has 0 saturated carbocycles. The molecule has 0 amide bonds. The summed E-state index contributed by atoms with van der Waals surface area (Å²) in [4.78, 5) is 0. The Morgan fingerprint density at radius 2 is 0.896 bits per heavy atom. The molecule has 2 aliphatic carbocycles. The topological polar surface area (TPSA) is 0 Å². The van der Waals surface area contributed by atoms with E-state index in [4.69, 9.17) is 17.0 Å². The zero-order valence-electron chi connectivity index (χ0n) is 28.5. The summed E-state index contributed by atoms with van der Waals surface area (Å²) in [5, 5.41) is 5.08. The zero-order chi connectivity index (χ0) is 33.6. The van der Waals surface area contributed by atoms with Gasteiger partial charge in [-0.05, 0) is 0 Å². The van der Waals surface area contributed by atoms with Crippen LogP contribution in [0, 0.1) is 13.8 Å². The molecule has 6 aromatic rings. The average Bonchev–Trinajstić information content (AvgIpc) is 3.59. The van der Waals surface area contributed by atoms with E-state index in [1.165, 1.54) is 88.3 Å². The first-order valence-electron chi connectivity index (χ1n) is 17.2. The minimum atomic E-state index is -4.84. The van der Waals surface area contributed by atoms with Gasteiger partial charge in [-0.2, -0.15) is 0 Å². The van der Waals surface area contributed by atoms with Crippen molar-refractivity contribution in [2.75, 3.05) is 0 Å². The number of halogens is 2. The molecule has 2 unspecified atom stereocenters. The maximum absolute atomic E-state index is 8.63. The molecule has 0 saturated heterocycles. The van der Waals surface area contributed by atoms with Gasteiger partial charge in [0.1, 0.15) is 0 Å². The van der Waals surface area contributed by atoms with Crippen LogP contribution >= 0.6 is 17.0 Å². The molecule has 0 heterocycles. The Labute approximate surface area is 293 Å². The number of aryl methyl sites for hydroxylation is 2. The van der Waals surface area contributed by atoms with Crippen LogP contribution in [0.4, 0.5) is 0 Å². The number of hydrogen-bond donors (Lipinski definition) is 0. The summed E-state index contributed by atoms with van der Waals surface area (Å²) < 4.78 is 0.122. The van der Waals surface area contributed by atoms with Crippen LogP contribution in [0.1, 0.15) is 54.5 Å². The molecule has 2 atom stereocenters. The summed E-state index contributed by atoms with van der Waals surface area (Å²) in [6.45, 7) is 13.9. The Hall–Kier alpha value is -3.00. The Morgan fingerprint density at radius 3 is 1.31 bits per heavy atom. The minimum absolute atomic E-state index is 0.0610. The van der Waals surface area contributed by atoms with Crippen molar-refractivity contribution in [3.8, 4) is 22.3 Å². The number of fused-ring (bicyclic) bond motifs is 4. The molecule has 6 aromatic carbocycles. The van der Waals surface area contributed by atoms with Gasteiger partial charge in [-0.25, -0.2) is 0 Å². The molecular formula is C44H41Cl2SiZr. The van der Waals surface area contributed by atoms with E-state index < -0.39 is 21.5 Å². The average molecular weight is 760 g/mol. The van der Waals surface area contributed by atoms with E-state index >= 15 is 0 Å². The van der Waals surface area contributed by atoms with Crippen LogP contribution in [0.25, 0.3) is 56.0 Å². The van der Waals surface area contributed by atoms with Crippen molar-refractivity contribution in [3.05, 3.63) is 154 Å². The number of hydrogen-bond acceptors (Lipinski definition) is 0. The first-order valence-corrected chi connectivity index (χ1v) is 33.5. The molecule has 239 valence electrons. The van der Waals surface area contributed by atoms with Crippen LogP contribution in [-0.4, -0.2) is 5.92 Å². The molecule has 0 spiro atoms. The van der Waals surface area contributed by atoms with Crippen molar-refractivity contribution in [2.24, 2.45) is 0 Å². The zero-order valence-corrected chi connectivity index (χ0v) is 33.7. The Kier molecular flexibility index (Phi) is 7.74. The van der Waals surface area contributed by atoms with Crippen molar-refractivity contribution < 1.29 is 15.6 Å². The van der Waals surface area contributed by atoms with Gasteiger partial charge >= 0.3 is 296 Å². The van der Waals surface area contributed by atoms with Crippen LogP contribution < -0.4 is 0 Å². The van der Waals surface area contributed by atoms with E-state index in [0.29, 0.717) is 0 Å². The number of rotatable bonds is 5. The molecule has 0 N–H and O–H groups in total. The third kappa shape index (κ3) is 4.70. The maximum atomic E-state index is 8.63. The predicted octanol–water partition coefficient (Wildman–Crippen LogP) is 13.5. The van der Waals surface area contributed by atoms with Gasteiger partial charge in [-0.15, -0.1) is 0 Å². The summed E-state index contributed by atoms with van der Waals surface area (Å²) in [7, 11) is 17.3. The SMILES string of the molecule is CC1=Cc2c(-c3cccc4ccccc34)cc(C)cc2[CH]1[Zr]([Cl])([Cl])([CH]1C(C)=Cc2c(-c3cccc4ccccc34)cc(C)cc21)[SiH](C)C. The predicted molar refractivity (Wildman–Crippen MR) is 212 cm³/mol. The van der Waals surface area contributed by atoms with Crippen molar-refractivity contribution in [1.82, 2.24) is 0 Å². The Balaban J connectivity index is 1.35. The van der Waals surface area contributed by atoms with Crippen molar-refractivity contribution in [3.63, 3.8) is 0 Å². The third-order valence-electron chi connectivity index (χ3n) is 11.4. The summed E-state index contributed by atoms with van der Waals surface area (Å²) in [6.07, 6.45) is 4.86. The molecule has 8 rings (SSSR count). The second-order valence-corrected chi connectivity index (χ2v) is 57.2. The Morgan fingerprint density at radius 1 is 0.500 bits per heavy atom. The van der Waals surface area contributed by atoms with E-state index in [9.17, 15) is 0 Å². The van der Waals surface area contributed by atoms with Crippen LogP contribution in [0.3, 0.4) is 0 Å². The third-order valence-corrected chi connectivity index (χ3v) is 63.6. The van der Waals surface area contributed by atoms with Gasteiger partial charge in [0.2, 0.25) is 0 Å². The first-order chi connectivity index (χ1) is 23.0. The normalized spacial score (nSPS) is 18.1. The van der Waals surface area contributed by atoms with Gasteiger partial charge in [0.05, 0.1) is 0 Å². The fourth-order valence-corrected chi connectivity index (χ4v) is 42.1. The van der Waals surface area contributed by atoms with Crippen molar-refractivity contribution in [1.29, 1.82) is 0 Å². The van der Waals surface area contributed by atoms with E-state index in [2.05, 4.69) is 162 Å². The fourth-order valence-electron chi connectivity index (χ4n) is 9.23. The molecule has 48 heavy (non-hydrogen) atoms. The summed E-state index contributed by atoms with van der Waals surface area (Å²) in [6, 6.07) is 40.3. The quantitative estimate of drug-likeness (QED) is 0.154. The monoisotopic (exact) mass is 757 g/mol. The number of allylic oxidation sites excluding steroid dienone is 2. The van der Waals surface area contributed by atoms with Crippen molar-refractivity contribution in [2.45, 2.75) is 48.0 Å². The summed E-state index contributed by atoms with van der Waals surface area (Å²) in [5.41, 5.74) is 15.6. The van der Waals surface area contributed by atoms with E-state index in [0.717, 1.165) is 0 Å². The number of benzene rings is 6. The van der Waals surface area contributed by atoms with Crippen LogP contribution in [0.15, 0.2) is 120 Å². The molecule has 2 aliphatic rings. The molecule has 0 aromatic heterocycles. The van der Waals surface area contributed by atoms with E-state index in [-0.39, 0.29) is 7.25 Å². The second-order valence-electron chi connectivity index (χ2n) is 14.7. The van der Waals surface area contributed by atoms with E-state index in [1.807, 2.05) is 0 Å². The molecule has 0 aliphatic heterocycles. The first kappa shape index (κ1) is 32.2. The van der Waals surface area contributed by atoms with Gasteiger partial charge in [-0.3, -0.25) is 0 Å². The van der Waals surface area contributed by atoms with E-state index in [1.54, 1.807) is 0 Å². The molecule has 0 nitrogen and oxygen atoms in total. The summed E-state index contributed by atoms with van der Waals surface area (Å²) in [5.74, 6) is -1.65. The fraction of sp³-hybridized carbons (Fsp3) is 0.182. The molecule has 0 bridgehead atoms. The van der Waals surface area contributed by atoms with Crippen LogP contribution in [-0.2, 0) is 15.6 Å². The van der Waals surface area contributed by atoms with Gasteiger partial charge in [0.15, 0.2) is 0 Å². The molecular weight excluding hydrogens is 719 g/mol. The standard InChI is InChI=1S/2C21H17.C2H7Si.2ClH.Zr/c2*1-14-10-17-11-15(2)13-21(20(17)12-14)19-9-5-7-16-6-3-4-8-18(16)19;1-3-2;;;/h2*3-13H,1-2H3;3H,1-2H3;2*1H;/q;;;;;+2/p-2. The van der Waals surface area contributed by atoms with Gasteiger partial charge in [0, 0.05) is 0 Å². The molecule has 4 heteroatoms. The van der Waals surface area contributed by atoms with Crippen LogP contribution in [0.2, 0.25) is 13.1 Å². The molecule has 0 radical (unpaired) electrons. The molecule has 0 fully saturated rings. The van der Waals surface area contributed by atoms with Crippen LogP contribution in [0.5, 0.6) is 0 Å². The summed E-state index contributed by atoms with van der Waals surface area (Å²) >= 11 is -4.84. The van der Waals surface area contributed by atoms with Crippen molar-refractivity contribution >= 4 is 56.6 Å².